The summed E-state index contributed by atoms with van der Waals surface area (Å²) in [6.45, 7) is 1.91. The van der Waals surface area contributed by atoms with Gasteiger partial charge in [-0.05, 0) is 38.1 Å². The van der Waals surface area contributed by atoms with Crippen LogP contribution < -0.4 is 10.1 Å². The number of rotatable bonds is 4. The zero-order chi connectivity index (χ0) is 19.7. The maximum atomic E-state index is 13.5. The second-order valence-corrected chi connectivity index (χ2v) is 7.34. The Morgan fingerprint density at radius 2 is 2.00 bits per heavy atom. The number of aromatic nitrogens is 2. The smallest absolute Gasteiger partial charge is 0.145 e. The molecule has 0 saturated carbocycles. The fourth-order valence-corrected chi connectivity index (χ4v) is 3.50. The number of likely N-dealkylation sites (tertiary alicyclic amines) is 1. The number of piperidine rings is 1. The lowest BCUT2D eigenvalue weighted by Gasteiger charge is -2.29. The zero-order valence-corrected chi connectivity index (χ0v) is 16.1. The highest BCUT2D eigenvalue weighted by Crippen LogP contribution is 2.36. The van der Waals surface area contributed by atoms with Crippen molar-refractivity contribution in [3.63, 3.8) is 0 Å². The van der Waals surface area contributed by atoms with Crippen molar-refractivity contribution in [1.29, 1.82) is 0 Å². The van der Waals surface area contributed by atoms with Crippen molar-refractivity contribution in [2.75, 3.05) is 25.5 Å². The Morgan fingerprint density at radius 1 is 1.21 bits per heavy atom. The van der Waals surface area contributed by atoms with Crippen LogP contribution in [-0.2, 0) is 0 Å². The van der Waals surface area contributed by atoms with E-state index in [1.165, 1.54) is 18.5 Å². The van der Waals surface area contributed by atoms with Crippen LogP contribution in [0.25, 0.3) is 10.9 Å². The predicted molar refractivity (Wildman–Crippen MR) is 107 cm³/mol. The summed E-state index contributed by atoms with van der Waals surface area (Å²) in [4.78, 5) is 10.8. The lowest BCUT2D eigenvalue weighted by molar-refractivity contribution is 0.115. The van der Waals surface area contributed by atoms with Gasteiger partial charge in [0.25, 0.3) is 0 Å². The second kappa shape index (κ2) is 7.77. The van der Waals surface area contributed by atoms with Crippen LogP contribution in [-0.4, -0.2) is 46.2 Å². The lowest BCUT2D eigenvalue weighted by atomic mass is 10.1. The Kier molecular flexibility index (Phi) is 5.19. The molecular formula is C20H20ClFN4O2. The molecule has 1 saturated heterocycles. The number of benzene rings is 2. The predicted octanol–water partition coefficient (Wildman–Crippen LogP) is 4.34. The van der Waals surface area contributed by atoms with Crippen molar-refractivity contribution in [1.82, 2.24) is 14.9 Å². The van der Waals surface area contributed by atoms with Gasteiger partial charge in [0.15, 0.2) is 0 Å². The summed E-state index contributed by atoms with van der Waals surface area (Å²) in [5.74, 6) is 0.595. The van der Waals surface area contributed by atoms with Crippen LogP contribution >= 0.6 is 11.6 Å². The number of halogens is 2. The lowest BCUT2D eigenvalue weighted by Crippen LogP contribution is -2.35. The van der Waals surface area contributed by atoms with E-state index in [0.717, 1.165) is 25.9 Å². The molecule has 3 aromatic rings. The maximum Gasteiger partial charge on any atom is 0.145 e. The molecule has 28 heavy (non-hydrogen) atoms. The van der Waals surface area contributed by atoms with Crippen LogP contribution in [0.15, 0.2) is 36.7 Å². The molecule has 2 N–H and O–H groups in total. The largest absolute Gasteiger partial charge is 0.508 e. The van der Waals surface area contributed by atoms with Crippen molar-refractivity contribution >= 4 is 34.0 Å². The summed E-state index contributed by atoms with van der Waals surface area (Å²) in [7, 11) is 2.09. The molecule has 1 aliphatic heterocycles. The number of fused-ring (bicyclic) bond motifs is 1. The Bertz CT molecular complexity index is 1010. The standard InChI is InChI=1S/C20H20ClFN4O2/c1-26-6-4-14(5-7-26)28-18-10-13(27)9-17-19(18)20(24-11-23-17)25-12-2-3-16(22)15(21)8-12/h2-3,8-11,14,27H,4-7H2,1H3,(H,23,24,25). The summed E-state index contributed by atoms with van der Waals surface area (Å²) in [6, 6.07) is 7.49. The van der Waals surface area contributed by atoms with Crippen molar-refractivity contribution < 1.29 is 14.2 Å². The first-order chi connectivity index (χ1) is 13.5. The first kappa shape index (κ1) is 18.7. The molecule has 0 aliphatic carbocycles. The summed E-state index contributed by atoms with van der Waals surface area (Å²) in [6.07, 6.45) is 3.25. The molecule has 6 nitrogen and oxygen atoms in total. The molecule has 146 valence electrons. The van der Waals surface area contributed by atoms with E-state index in [9.17, 15) is 9.50 Å². The van der Waals surface area contributed by atoms with E-state index < -0.39 is 5.82 Å². The van der Waals surface area contributed by atoms with Crippen LogP contribution in [0.4, 0.5) is 15.9 Å². The third kappa shape index (κ3) is 3.95. The van der Waals surface area contributed by atoms with E-state index in [1.807, 2.05) is 0 Å². The van der Waals surface area contributed by atoms with Crippen molar-refractivity contribution in [2.45, 2.75) is 18.9 Å². The molecule has 1 fully saturated rings. The van der Waals surface area contributed by atoms with Crippen molar-refractivity contribution in [3.8, 4) is 11.5 Å². The number of phenols is 1. The van der Waals surface area contributed by atoms with Gasteiger partial charge in [-0.2, -0.15) is 0 Å². The fraction of sp³-hybridized carbons (Fsp3) is 0.300. The van der Waals surface area contributed by atoms with Crippen molar-refractivity contribution in [3.05, 3.63) is 47.5 Å². The van der Waals surface area contributed by atoms with Gasteiger partial charge < -0.3 is 20.1 Å². The van der Waals surface area contributed by atoms with Gasteiger partial charge in [-0.25, -0.2) is 14.4 Å². The highest BCUT2D eigenvalue weighted by atomic mass is 35.5. The van der Waals surface area contributed by atoms with Gasteiger partial charge in [-0.15, -0.1) is 0 Å². The Balaban J connectivity index is 1.71. The van der Waals surface area contributed by atoms with Crippen LogP contribution in [0.1, 0.15) is 12.8 Å². The van der Waals surface area contributed by atoms with E-state index in [2.05, 4.69) is 27.2 Å². The Labute approximate surface area is 166 Å². The van der Waals surface area contributed by atoms with Gasteiger partial charge in [0.2, 0.25) is 0 Å². The monoisotopic (exact) mass is 402 g/mol. The van der Waals surface area contributed by atoms with E-state index in [1.54, 1.807) is 18.2 Å². The van der Waals surface area contributed by atoms with E-state index in [4.69, 9.17) is 16.3 Å². The molecule has 0 spiro atoms. The number of nitrogens with one attached hydrogen (secondary N) is 1. The first-order valence-electron chi connectivity index (χ1n) is 9.04. The third-order valence-corrected chi connectivity index (χ3v) is 5.12. The molecule has 2 aromatic carbocycles. The van der Waals surface area contributed by atoms with E-state index in [0.29, 0.717) is 28.2 Å². The number of ether oxygens (including phenoxy) is 1. The molecule has 1 aromatic heterocycles. The molecule has 1 aliphatic rings. The zero-order valence-electron chi connectivity index (χ0n) is 15.3. The molecule has 2 heterocycles. The SMILES string of the molecule is CN1CCC(Oc2cc(O)cc3ncnc(Nc4ccc(F)c(Cl)c4)c23)CC1. The highest BCUT2D eigenvalue weighted by molar-refractivity contribution is 6.31. The summed E-state index contributed by atoms with van der Waals surface area (Å²) >= 11 is 5.88. The molecule has 0 bridgehead atoms. The molecule has 4 rings (SSSR count). The molecule has 0 radical (unpaired) electrons. The van der Waals surface area contributed by atoms with Crippen LogP contribution in [0.2, 0.25) is 5.02 Å². The maximum absolute atomic E-state index is 13.5. The normalized spacial score (nSPS) is 15.7. The van der Waals surface area contributed by atoms with Gasteiger partial charge in [-0.3, -0.25) is 0 Å². The van der Waals surface area contributed by atoms with Crippen LogP contribution in [0.5, 0.6) is 11.5 Å². The Morgan fingerprint density at radius 3 is 2.75 bits per heavy atom. The molecule has 8 heteroatoms. The third-order valence-electron chi connectivity index (χ3n) is 4.83. The summed E-state index contributed by atoms with van der Waals surface area (Å²) < 4.78 is 19.7. The Hall–Kier alpha value is -2.64. The number of hydrogen-bond donors (Lipinski definition) is 2. The van der Waals surface area contributed by atoms with Gasteiger partial charge >= 0.3 is 0 Å². The molecule has 0 atom stereocenters. The van der Waals surface area contributed by atoms with Crippen molar-refractivity contribution in [2.24, 2.45) is 0 Å². The quantitative estimate of drug-likeness (QED) is 0.676. The number of phenolic OH excluding ortho intramolecular Hbond substituents is 1. The van der Waals surface area contributed by atoms with E-state index in [-0.39, 0.29) is 16.9 Å². The second-order valence-electron chi connectivity index (χ2n) is 6.93. The van der Waals surface area contributed by atoms with Crippen LogP contribution in [0.3, 0.4) is 0 Å². The van der Waals surface area contributed by atoms with Gasteiger partial charge in [-0.1, -0.05) is 11.6 Å². The van der Waals surface area contributed by atoms with Gasteiger partial charge in [0.05, 0.1) is 15.9 Å². The number of anilines is 2. The average Bonchev–Trinajstić information content (AvgIpc) is 2.66. The minimum absolute atomic E-state index is 0.0174. The number of hydrogen-bond acceptors (Lipinski definition) is 6. The minimum atomic E-state index is -0.490. The van der Waals surface area contributed by atoms with Crippen LogP contribution in [0, 0.1) is 5.82 Å². The van der Waals surface area contributed by atoms with E-state index >= 15 is 0 Å². The van der Waals surface area contributed by atoms with Gasteiger partial charge in [0.1, 0.15) is 35.6 Å². The number of aromatic hydroxyl groups is 1. The molecule has 0 unspecified atom stereocenters. The van der Waals surface area contributed by atoms with Gasteiger partial charge in [0, 0.05) is 30.9 Å². The summed E-state index contributed by atoms with van der Waals surface area (Å²) in [5, 5.41) is 13.9. The average molecular weight is 403 g/mol. The minimum Gasteiger partial charge on any atom is -0.508 e. The summed E-state index contributed by atoms with van der Waals surface area (Å²) in [5.41, 5.74) is 1.14. The molecular weight excluding hydrogens is 383 g/mol. The first-order valence-corrected chi connectivity index (χ1v) is 9.42. The topological polar surface area (TPSA) is 70.5 Å². The number of nitrogens with zero attached hydrogens (tertiary/aromatic N) is 3. The molecule has 0 amide bonds. The fourth-order valence-electron chi connectivity index (χ4n) is 3.32. The highest BCUT2D eigenvalue weighted by Gasteiger charge is 2.21.